The first-order valence-corrected chi connectivity index (χ1v) is 15.6. The highest BCUT2D eigenvalue weighted by Crippen LogP contribution is 2.29. The molecular weight excluding hydrogens is 536 g/mol. The van der Waals surface area contributed by atoms with Gasteiger partial charge < -0.3 is 15.4 Å². The molecule has 4 rings (SSSR count). The Kier molecular flexibility index (Phi) is 8.48. The smallest absolute Gasteiger partial charge is 0.238 e. The average molecular weight is 567 g/mol. The number of nitrogens with zero attached hydrogens (tertiary/aromatic N) is 2. The molecule has 0 bridgehead atoms. The monoisotopic (exact) mass is 566 g/mol. The van der Waals surface area contributed by atoms with Gasteiger partial charge in [-0.3, -0.25) is 0 Å². The highest BCUT2D eigenvalue weighted by molar-refractivity contribution is 7.91. The number of nitrogens with one attached hydrogen (secondary N) is 3. The van der Waals surface area contributed by atoms with Gasteiger partial charge >= 0.3 is 0 Å². The van der Waals surface area contributed by atoms with Gasteiger partial charge in [0.2, 0.25) is 16.0 Å². The quantitative estimate of drug-likeness (QED) is 0.204. The molecule has 0 aliphatic rings. The number of sulfonamides is 1. The number of primary sulfonamides is 1. The van der Waals surface area contributed by atoms with Crippen molar-refractivity contribution in [2.24, 2.45) is 5.14 Å². The summed E-state index contributed by atoms with van der Waals surface area (Å²) in [5, 5.41) is 11.7. The second-order valence-corrected chi connectivity index (χ2v) is 12.5. The molecular formula is C27H30N6O4S2. The fourth-order valence-corrected chi connectivity index (χ4v) is 5.01. The highest BCUT2D eigenvalue weighted by Gasteiger charge is 2.12. The predicted octanol–water partition coefficient (Wildman–Crippen LogP) is 4.62. The number of aromatic nitrogens is 2. The van der Waals surface area contributed by atoms with Gasteiger partial charge in [0.25, 0.3) is 0 Å². The van der Waals surface area contributed by atoms with Gasteiger partial charge in [0.15, 0.2) is 0 Å². The summed E-state index contributed by atoms with van der Waals surface area (Å²) in [5.41, 5.74) is 3.22. The van der Waals surface area contributed by atoms with Gasteiger partial charge in [-0.05, 0) is 66.9 Å². The van der Waals surface area contributed by atoms with Gasteiger partial charge in [0.05, 0.1) is 21.2 Å². The number of hydrogen-bond donors (Lipinski definition) is 4. The van der Waals surface area contributed by atoms with Crippen LogP contribution in [-0.4, -0.2) is 42.0 Å². The molecule has 1 heterocycles. The molecule has 0 radical (unpaired) electrons. The van der Waals surface area contributed by atoms with E-state index in [2.05, 4.69) is 15.6 Å². The van der Waals surface area contributed by atoms with E-state index in [0.717, 1.165) is 22.4 Å². The number of ether oxygens (including phenoxy) is 1. The van der Waals surface area contributed by atoms with Crippen molar-refractivity contribution in [3.63, 3.8) is 0 Å². The van der Waals surface area contributed by atoms with Crippen LogP contribution in [0, 0.1) is 4.78 Å². The fraction of sp³-hybridized carbons (Fsp3) is 0.185. The van der Waals surface area contributed by atoms with E-state index >= 15 is 0 Å². The van der Waals surface area contributed by atoms with Gasteiger partial charge in [-0.15, -0.1) is 0 Å². The minimum absolute atomic E-state index is 0.0666. The van der Waals surface area contributed by atoms with E-state index in [0.29, 0.717) is 41.9 Å². The summed E-state index contributed by atoms with van der Waals surface area (Å²) in [5.74, 6) is 1.68. The molecule has 204 valence electrons. The van der Waals surface area contributed by atoms with Crippen LogP contribution in [0.15, 0.2) is 88.8 Å². The van der Waals surface area contributed by atoms with E-state index < -0.39 is 19.8 Å². The number of benzene rings is 3. The fourth-order valence-electron chi connectivity index (χ4n) is 3.80. The van der Waals surface area contributed by atoms with Crippen LogP contribution in [0.5, 0.6) is 5.75 Å². The molecule has 4 aromatic rings. The van der Waals surface area contributed by atoms with Crippen molar-refractivity contribution < 1.29 is 17.4 Å². The molecule has 0 fully saturated rings. The number of hydrogen-bond acceptors (Lipinski definition) is 9. The first kappa shape index (κ1) is 28.0. The molecule has 3 aromatic carbocycles. The standard InChI is InChI=1S/C27H30N6O4S2/c1-3-37-22-11-9-20(10-12-22)25-18-31-27(32-21-5-4-6-24(17-21)38(2,28)34)33-26(25)30-16-15-19-7-13-23(14-8-19)39(29,35)36/h4-14,17-18,28H,3,15-16H2,1-2H3,(H2,29,35,36)(H2,30,31,32,33). The Labute approximate surface area is 228 Å². The van der Waals surface area contributed by atoms with Gasteiger partial charge in [0, 0.05) is 35.1 Å². The SMILES string of the molecule is CCOc1ccc(-c2cnc(Nc3cccc(S(C)(=N)=O)c3)nc2NCCc2ccc(S(N)(=O)=O)cc2)cc1. The molecule has 5 N–H and O–H groups in total. The third kappa shape index (κ3) is 7.53. The van der Waals surface area contributed by atoms with Crippen molar-refractivity contribution in [3.8, 4) is 16.9 Å². The lowest BCUT2D eigenvalue weighted by molar-refractivity contribution is 0.340. The zero-order valence-electron chi connectivity index (χ0n) is 21.5. The van der Waals surface area contributed by atoms with Crippen LogP contribution in [0.3, 0.4) is 0 Å². The maximum atomic E-state index is 12.2. The van der Waals surface area contributed by atoms with E-state index in [1.54, 1.807) is 42.6 Å². The van der Waals surface area contributed by atoms with Gasteiger partial charge in [-0.2, -0.15) is 4.98 Å². The lowest BCUT2D eigenvalue weighted by Crippen LogP contribution is -2.12. The second kappa shape index (κ2) is 11.8. The molecule has 0 aliphatic carbocycles. The molecule has 1 aromatic heterocycles. The molecule has 10 nitrogen and oxygen atoms in total. The number of anilines is 3. The van der Waals surface area contributed by atoms with Crippen LogP contribution in [0.1, 0.15) is 12.5 Å². The molecule has 0 amide bonds. The Morgan fingerprint density at radius 2 is 1.69 bits per heavy atom. The van der Waals surface area contributed by atoms with Crippen molar-refractivity contribution in [2.75, 3.05) is 30.0 Å². The lowest BCUT2D eigenvalue weighted by Gasteiger charge is -2.14. The summed E-state index contributed by atoms with van der Waals surface area (Å²) < 4.78 is 48.6. The molecule has 39 heavy (non-hydrogen) atoms. The van der Waals surface area contributed by atoms with Crippen molar-refractivity contribution in [2.45, 2.75) is 23.1 Å². The largest absolute Gasteiger partial charge is 0.494 e. The van der Waals surface area contributed by atoms with E-state index in [4.69, 9.17) is 19.6 Å². The van der Waals surface area contributed by atoms with E-state index in [9.17, 15) is 12.6 Å². The van der Waals surface area contributed by atoms with Crippen LogP contribution < -0.4 is 20.5 Å². The van der Waals surface area contributed by atoms with Crippen molar-refractivity contribution in [1.82, 2.24) is 9.97 Å². The summed E-state index contributed by atoms with van der Waals surface area (Å²) in [7, 11) is -6.61. The first-order valence-electron chi connectivity index (χ1n) is 12.1. The summed E-state index contributed by atoms with van der Waals surface area (Å²) in [6.45, 7) is 3.01. The Bertz CT molecular complexity index is 1660. The number of rotatable bonds is 11. The van der Waals surface area contributed by atoms with Gasteiger partial charge in [0.1, 0.15) is 11.6 Å². The molecule has 0 saturated carbocycles. The molecule has 0 spiro atoms. The molecule has 1 atom stereocenters. The summed E-state index contributed by atoms with van der Waals surface area (Å²) in [6, 6.07) is 20.9. The van der Waals surface area contributed by atoms with Crippen LogP contribution in [0.25, 0.3) is 11.1 Å². The molecule has 12 heteroatoms. The third-order valence-electron chi connectivity index (χ3n) is 5.76. The Hall–Kier alpha value is -4.00. The van der Waals surface area contributed by atoms with Crippen LogP contribution in [-0.2, 0) is 26.2 Å². The summed E-state index contributed by atoms with van der Waals surface area (Å²) in [6.07, 6.45) is 3.70. The lowest BCUT2D eigenvalue weighted by atomic mass is 10.1. The molecule has 0 aliphatic heterocycles. The highest BCUT2D eigenvalue weighted by atomic mass is 32.2. The predicted molar refractivity (Wildman–Crippen MR) is 153 cm³/mol. The normalized spacial score (nSPS) is 12.9. The Balaban J connectivity index is 1.58. The topological polar surface area (TPSA) is 160 Å². The summed E-state index contributed by atoms with van der Waals surface area (Å²) >= 11 is 0. The Morgan fingerprint density at radius 3 is 2.33 bits per heavy atom. The first-order chi connectivity index (χ1) is 18.5. The maximum absolute atomic E-state index is 12.2. The van der Waals surface area contributed by atoms with Crippen LogP contribution in [0.4, 0.5) is 17.5 Å². The number of nitrogens with two attached hydrogens (primary N) is 1. The molecule has 0 saturated heterocycles. The van der Waals surface area contributed by atoms with Crippen molar-refractivity contribution >= 4 is 37.2 Å². The minimum Gasteiger partial charge on any atom is -0.494 e. The van der Waals surface area contributed by atoms with E-state index in [-0.39, 0.29) is 4.90 Å². The Morgan fingerprint density at radius 1 is 0.974 bits per heavy atom. The summed E-state index contributed by atoms with van der Waals surface area (Å²) in [4.78, 5) is 9.65. The second-order valence-electron chi connectivity index (χ2n) is 8.78. The molecule has 1 unspecified atom stereocenters. The zero-order chi connectivity index (χ0) is 28.0. The van der Waals surface area contributed by atoms with Gasteiger partial charge in [-0.1, -0.05) is 30.3 Å². The van der Waals surface area contributed by atoms with Crippen molar-refractivity contribution in [3.05, 3.63) is 84.6 Å². The van der Waals surface area contributed by atoms with Gasteiger partial charge in [-0.25, -0.2) is 27.5 Å². The third-order valence-corrected chi connectivity index (χ3v) is 7.85. The van der Waals surface area contributed by atoms with E-state index in [1.807, 2.05) is 31.2 Å². The van der Waals surface area contributed by atoms with Crippen LogP contribution >= 0.6 is 0 Å². The zero-order valence-corrected chi connectivity index (χ0v) is 23.2. The van der Waals surface area contributed by atoms with E-state index in [1.165, 1.54) is 18.4 Å². The minimum atomic E-state index is -3.74. The van der Waals surface area contributed by atoms with Crippen LogP contribution in [0.2, 0.25) is 0 Å². The van der Waals surface area contributed by atoms with Crippen molar-refractivity contribution in [1.29, 1.82) is 4.78 Å². The maximum Gasteiger partial charge on any atom is 0.238 e. The average Bonchev–Trinajstić information content (AvgIpc) is 2.89.